The van der Waals surface area contributed by atoms with E-state index >= 15 is 0 Å². The molecule has 14 heavy (non-hydrogen) atoms. The van der Waals surface area contributed by atoms with Crippen LogP contribution in [0.1, 0.15) is 25.5 Å². The van der Waals surface area contributed by atoms with E-state index in [1.807, 2.05) is 10.8 Å². The highest BCUT2D eigenvalue weighted by atomic mass is 79.9. The molecular formula is C10H14BrClN2. The monoisotopic (exact) mass is 276 g/mol. The fraction of sp³-hybridized carbons (Fsp3) is 0.500. The fourth-order valence-electron chi connectivity index (χ4n) is 1.19. The van der Waals surface area contributed by atoms with Crippen molar-refractivity contribution >= 4 is 33.6 Å². The third-order valence-electron chi connectivity index (χ3n) is 1.82. The van der Waals surface area contributed by atoms with Crippen molar-refractivity contribution in [1.29, 1.82) is 0 Å². The van der Waals surface area contributed by atoms with Gasteiger partial charge in [0.25, 0.3) is 0 Å². The van der Waals surface area contributed by atoms with Crippen molar-refractivity contribution in [2.45, 2.75) is 26.3 Å². The summed E-state index contributed by atoms with van der Waals surface area (Å²) in [6.07, 6.45) is 7.91. The highest BCUT2D eigenvalue weighted by Gasteiger charge is 2.03. The second-order valence-electron chi connectivity index (χ2n) is 2.98. The average Bonchev–Trinajstić information content (AvgIpc) is 2.50. The van der Waals surface area contributed by atoms with Crippen LogP contribution in [-0.4, -0.2) is 15.1 Å². The molecule has 0 spiro atoms. The minimum absolute atomic E-state index is 0.726. The van der Waals surface area contributed by atoms with E-state index in [-0.39, 0.29) is 0 Å². The SMILES string of the molecule is CCCn1ncc(Cl)c1/C=C/CCBr. The summed E-state index contributed by atoms with van der Waals surface area (Å²) in [6, 6.07) is 0. The van der Waals surface area contributed by atoms with Gasteiger partial charge in [-0.3, -0.25) is 4.68 Å². The van der Waals surface area contributed by atoms with E-state index < -0.39 is 0 Å². The van der Waals surface area contributed by atoms with Crippen LogP contribution in [0.15, 0.2) is 12.3 Å². The van der Waals surface area contributed by atoms with Crippen LogP contribution >= 0.6 is 27.5 Å². The number of rotatable bonds is 5. The van der Waals surface area contributed by atoms with Crippen LogP contribution in [-0.2, 0) is 6.54 Å². The fourth-order valence-corrected chi connectivity index (χ4v) is 1.65. The van der Waals surface area contributed by atoms with Crippen LogP contribution in [0.2, 0.25) is 5.02 Å². The standard InChI is InChI=1S/C10H14BrClN2/c1-2-7-14-10(5-3-4-6-11)9(12)8-13-14/h3,5,8H,2,4,6-7H2,1H3/b5-3+. The molecule has 0 unspecified atom stereocenters. The molecule has 1 heterocycles. The van der Waals surface area contributed by atoms with Crippen molar-refractivity contribution in [3.63, 3.8) is 0 Å². The van der Waals surface area contributed by atoms with Crippen molar-refractivity contribution in [1.82, 2.24) is 9.78 Å². The van der Waals surface area contributed by atoms with Gasteiger partial charge >= 0.3 is 0 Å². The van der Waals surface area contributed by atoms with Crippen molar-refractivity contribution in [3.8, 4) is 0 Å². The average molecular weight is 278 g/mol. The van der Waals surface area contributed by atoms with Crippen molar-refractivity contribution in [3.05, 3.63) is 23.0 Å². The molecule has 4 heteroatoms. The zero-order valence-electron chi connectivity index (χ0n) is 8.21. The van der Waals surface area contributed by atoms with Gasteiger partial charge in [0.2, 0.25) is 0 Å². The Morgan fingerprint density at radius 3 is 3.07 bits per heavy atom. The van der Waals surface area contributed by atoms with E-state index in [1.54, 1.807) is 6.20 Å². The largest absolute Gasteiger partial charge is 0.264 e. The van der Waals surface area contributed by atoms with Gasteiger partial charge in [-0.05, 0) is 18.9 Å². The number of aromatic nitrogens is 2. The number of allylic oxidation sites excluding steroid dienone is 1. The van der Waals surface area contributed by atoms with Crippen molar-refractivity contribution < 1.29 is 0 Å². The lowest BCUT2D eigenvalue weighted by Gasteiger charge is -2.01. The zero-order valence-corrected chi connectivity index (χ0v) is 10.6. The maximum absolute atomic E-state index is 6.01. The van der Waals surface area contributed by atoms with Gasteiger partial charge in [-0.25, -0.2) is 0 Å². The van der Waals surface area contributed by atoms with Crippen molar-refractivity contribution in [2.75, 3.05) is 5.33 Å². The molecule has 0 amide bonds. The van der Waals surface area contributed by atoms with Gasteiger partial charge in [0.1, 0.15) is 0 Å². The lowest BCUT2D eigenvalue weighted by Crippen LogP contribution is -2.00. The third kappa shape index (κ3) is 3.14. The first kappa shape index (κ1) is 11.8. The molecule has 0 saturated carbocycles. The summed E-state index contributed by atoms with van der Waals surface area (Å²) in [5.74, 6) is 0. The number of halogens is 2. The number of hydrogen-bond acceptors (Lipinski definition) is 1. The molecule has 0 aliphatic heterocycles. The van der Waals surface area contributed by atoms with E-state index in [0.29, 0.717) is 0 Å². The van der Waals surface area contributed by atoms with Crippen LogP contribution in [0.25, 0.3) is 6.08 Å². The Morgan fingerprint density at radius 2 is 2.43 bits per heavy atom. The molecule has 0 atom stereocenters. The first-order chi connectivity index (χ1) is 6.79. The molecular weight excluding hydrogens is 263 g/mol. The quantitative estimate of drug-likeness (QED) is 0.750. The van der Waals surface area contributed by atoms with Gasteiger partial charge in [0.15, 0.2) is 0 Å². The summed E-state index contributed by atoms with van der Waals surface area (Å²) in [5.41, 5.74) is 1.01. The van der Waals surface area contributed by atoms with Crippen molar-refractivity contribution in [2.24, 2.45) is 0 Å². The molecule has 1 aromatic rings. The molecule has 0 N–H and O–H groups in total. The molecule has 0 aromatic carbocycles. The van der Waals surface area contributed by atoms with Gasteiger partial charge in [-0.15, -0.1) is 0 Å². The number of hydrogen-bond donors (Lipinski definition) is 0. The smallest absolute Gasteiger partial charge is 0.0859 e. The molecule has 1 aromatic heterocycles. The normalized spacial score (nSPS) is 11.4. The van der Waals surface area contributed by atoms with Crippen LogP contribution in [0.5, 0.6) is 0 Å². The summed E-state index contributed by atoms with van der Waals surface area (Å²) in [4.78, 5) is 0. The molecule has 0 fully saturated rings. The second kappa shape index (κ2) is 6.25. The Morgan fingerprint density at radius 1 is 1.64 bits per heavy atom. The highest BCUT2D eigenvalue weighted by Crippen LogP contribution is 2.17. The lowest BCUT2D eigenvalue weighted by atomic mass is 10.3. The minimum atomic E-state index is 0.726. The molecule has 0 aliphatic carbocycles. The summed E-state index contributed by atoms with van der Waals surface area (Å²) < 4.78 is 1.94. The van der Waals surface area contributed by atoms with Gasteiger partial charge in [-0.1, -0.05) is 40.5 Å². The maximum Gasteiger partial charge on any atom is 0.0859 e. The van der Waals surface area contributed by atoms with Gasteiger partial charge < -0.3 is 0 Å². The Balaban J connectivity index is 2.76. The Bertz CT molecular complexity index is 307. The Hall–Kier alpha value is -0.280. The Labute approximate surface area is 98.1 Å². The van der Waals surface area contributed by atoms with E-state index in [0.717, 1.165) is 35.4 Å². The second-order valence-corrected chi connectivity index (χ2v) is 4.18. The van der Waals surface area contributed by atoms with Crippen LogP contribution < -0.4 is 0 Å². The molecule has 0 saturated heterocycles. The lowest BCUT2D eigenvalue weighted by molar-refractivity contribution is 0.598. The maximum atomic E-state index is 6.01. The molecule has 0 aliphatic rings. The number of aryl methyl sites for hydroxylation is 1. The first-order valence-corrected chi connectivity index (χ1v) is 6.23. The predicted octanol–water partition coefficient (Wildman–Crippen LogP) is 3.74. The summed E-state index contributed by atoms with van der Waals surface area (Å²) in [7, 11) is 0. The number of nitrogens with zero attached hydrogens (tertiary/aromatic N) is 2. The third-order valence-corrected chi connectivity index (χ3v) is 2.57. The minimum Gasteiger partial charge on any atom is -0.264 e. The van der Waals surface area contributed by atoms with E-state index in [1.165, 1.54) is 0 Å². The molecule has 2 nitrogen and oxygen atoms in total. The first-order valence-electron chi connectivity index (χ1n) is 4.73. The van der Waals surface area contributed by atoms with Crippen LogP contribution in [0.4, 0.5) is 0 Å². The summed E-state index contributed by atoms with van der Waals surface area (Å²) >= 11 is 9.39. The molecule has 78 valence electrons. The van der Waals surface area contributed by atoms with Gasteiger partial charge in [-0.2, -0.15) is 5.10 Å². The van der Waals surface area contributed by atoms with Crippen LogP contribution in [0, 0.1) is 0 Å². The highest BCUT2D eigenvalue weighted by molar-refractivity contribution is 9.09. The Kier molecular flexibility index (Phi) is 5.26. The van der Waals surface area contributed by atoms with E-state index in [9.17, 15) is 0 Å². The molecule has 1 rings (SSSR count). The van der Waals surface area contributed by atoms with Gasteiger partial charge in [0, 0.05) is 11.9 Å². The molecule has 0 radical (unpaired) electrons. The van der Waals surface area contributed by atoms with E-state index in [2.05, 4.69) is 34.0 Å². The van der Waals surface area contributed by atoms with Crippen LogP contribution in [0.3, 0.4) is 0 Å². The number of alkyl halides is 1. The zero-order chi connectivity index (χ0) is 10.4. The van der Waals surface area contributed by atoms with Gasteiger partial charge in [0.05, 0.1) is 16.9 Å². The predicted molar refractivity (Wildman–Crippen MR) is 65.0 cm³/mol. The molecule has 0 bridgehead atoms. The topological polar surface area (TPSA) is 17.8 Å². The summed E-state index contributed by atoms with van der Waals surface area (Å²) in [5, 5.41) is 5.91. The van der Waals surface area contributed by atoms with E-state index in [4.69, 9.17) is 11.6 Å². The summed E-state index contributed by atoms with van der Waals surface area (Å²) in [6.45, 7) is 3.04.